The molecule has 3 rings (SSSR count). The van der Waals surface area contributed by atoms with Gasteiger partial charge in [0.15, 0.2) is 0 Å². The Hall–Kier alpha value is -2.35. The molecule has 1 heterocycles. The van der Waals surface area contributed by atoms with Crippen molar-refractivity contribution in [2.75, 3.05) is 18.0 Å². The van der Waals surface area contributed by atoms with E-state index >= 15 is 0 Å². The van der Waals surface area contributed by atoms with Crippen molar-refractivity contribution in [3.8, 4) is 6.07 Å². The Kier molecular flexibility index (Phi) is 2.71. The van der Waals surface area contributed by atoms with Gasteiger partial charge in [-0.05, 0) is 37.0 Å². The van der Waals surface area contributed by atoms with Gasteiger partial charge in [0.05, 0.1) is 17.3 Å². The van der Waals surface area contributed by atoms with Crippen LogP contribution in [0.4, 0.5) is 10.5 Å². The molecule has 1 aliphatic carbocycles. The third kappa shape index (κ3) is 2.17. The van der Waals surface area contributed by atoms with E-state index in [0.29, 0.717) is 23.7 Å². The van der Waals surface area contributed by atoms with Gasteiger partial charge >= 0.3 is 6.03 Å². The summed E-state index contributed by atoms with van der Waals surface area (Å²) in [6.07, 6.45) is 2.28. The lowest BCUT2D eigenvalue weighted by atomic mass is 10.2. The fourth-order valence-electron chi connectivity index (χ4n) is 2.27. The van der Waals surface area contributed by atoms with Crippen molar-refractivity contribution in [2.45, 2.75) is 12.8 Å². The van der Waals surface area contributed by atoms with E-state index in [9.17, 15) is 9.59 Å². The van der Waals surface area contributed by atoms with E-state index in [1.165, 1.54) is 4.90 Å². The van der Waals surface area contributed by atoms with Gasteiger partial charge in [-0.2, -0.15) is 5.26 Å². The monoisotopic (exact) mass is 255 g/mol. The predicted octanol–water partition coefficient (Wildman–Crippen LogP) is 1.74. The molecular weight excluding hydrogens is 242 g/mol. The third-order valence-corrected chi connectivity index (χ3v) is 3.45. The smallest absolute Gasteiger partial charge is 0.314 e. The molecule has 0 bridgehead atoms. The summed E-state index contributed by atoms with van der Waals surface area (Å²) in [7, 11) is 0. The van der Waals surface area contributed by atoms with Crippen LogP contribution in [0.15, 0.2) is 24.3 Å². The summed E-state index contributed by atoms with van der Waals surface area (Å²) in [5.41, 5.74) is 0.922. The number of nitrogens with zero attached hydrogens (tertiary/aromatic N) is 3. The summed E-state index contributed by atoms with van der Waals surface area (Å²) < 4.78 is 0. The lowest BCUT2D eigenvalue weighted by molar-refractivity contribution is -0.116. The van der Waals surface area contributed by atoms with E-state index in [2.05, 4.69) is 0 Å². The largest absolute Gasteiger partial charge is 0.331 e. The molecule has 0 spiro atoms. The summed E-state index contributed by atoms with van der Waals surface area (Å²) in [6, 6.07) is 8.31. The maximum Gasteiger partial charge on any atom is 0.331 e. The van der Waals surface area contributed by atoms with E-state index < -0.39 is 0 Å². The molecule has 5 heteroatoms. The van der Waals surface area contributed by atoms with Gasteiger partial charge in [-0.3, -0.25) is 4.79 Å². The Labute approximate surface area is 111 Å². The van der Waals surface area contributed by atoms with Gasteiger partial charge in [0.25, 0.3) is 5.91 Å². The normalized spacial score (nSPS) is 18.9. The van der Waals surface area contributed by atoms with Crippen LogP contribution in [0, 0.1) is 17.2 Å². The van der Waals surface area contributed by atoms with Crippen molar-refractivity contribution in [2.24, 2.45) is 5.92 Å². The molecule has 0 aromatic heterocycles. The Morgan fingerprint density at radius 3 is 2.79 bits per heavy atom. The maximum absolute atomic E-state index is 12.2. The van der Waals surface area contributed by atoms with Crippen LogP contribution in [0.25, 0.3) is 0 Å². The molecular formula is C14H13N3O2. The van der Waals surface area contributed by atoms with Crippen molar-refractivity contribution in [1.82, 2.24) is 4.90 Å². The molecule has 0 atom stereocenters. The number of imide groups is 1. The molecule has 1 saturated carbocycles. The van der Waals surface area contributed by atoms with Crippen LogP contribution < -0.4 is 4.90 Å². The lowest BCUT2D eigenvalue weighted by Gasteiger charge is -2.16. The molecule has 1 aliphatic heterocycles. The van der Waals surface area contributed by atoms with Crippen LogP contribution in [0.3, 0.4) is 0 Å². The molecule has 1 aromatic rings. The number of anilines is 1. The summed E-state index contributed by atoms with van der Waals surface area (Å²) in [4.78, 5) is 27.0. The number of rotatable bonds is 3. The zero-order valence-electron chi connectivity index (χ0n) is 10.4. The number of amides is 3. The molecule has 0 N–H and O–H groups in total. The van der Waals surface area contributed by atoms with Crippen LogP contribution in [0.5, 0.6) is 0 Å². The Morgan fingerprint density at radius 1 is 1.32 bits per heavy atom. The second kappa shape index (κ2) is 4.39. The highest BCUT2D eigenvalue weighted by Gasteiger charge is 2.39. The minimum absolute atomic E-state index is 0.145. The molecule has 0 unspecified atom stereocenters. The molecule has 2 fully saturated rings. The number of hydrogen-bond acceptors (Lipinski definition) is 3. The number of carbonyl (C=O) groups is 2. The summed E-state index contributed by atoms with van der Waals surface area (Å²) in [5, 5.41) is 8.87. The average Bonchev–Trinajstić information content (AvgIpc) is 3.17. The van der Waals surface area contributed by atoms with E-state index in [0.717, 1.165) is 12.8 Å². The first-order chi connectivity index (χ1) is 9.19. The van der Waals surface area contributed by atoms with E-state index in [1.807, 2.05) is 6.07 Å². The first-order valence-electron chi connectivity index (χ1n) is 6.31. The highest BCUT2D eigenvalue weighted by molar-refractivity contribution is 6.19. The average molecular weight is 255 g/mol. The molecule has 3 amide bonds. The fraction of sp³-hybridized carbons (Fsp3) is 0.357. The quantitative estimate of drug-likeness (QED) is 0.773. The highest BCUT2D eigenvalue weighted by atomic mass is 16.2. The Morgan fingerprint density at radius 2 is 2.11 bits per heavy atom. The van der Waals surface area contributed by atoms with Crippen LogP contribution in [0.2, 0.25) is 0 Å². The number of benzene rings is 1. The zero-order valence-corrected chi connectivity index (χ0v) is 10.4. The van der Waals surface area contributed by atoms with Gasteiger partial charge in [0.1, 0.15) is 6.54 Å². The van der Waals surface area contributed by atoms with Crippen molar-refractivity contribution >= 4 is 17.6 Å². The van der Waals surface area contributed by atoms with Gasteiger partial charge < -0.3 is 4.90 Å². The molecule has 19 heavy (non-hydrogen) atoms. The Bertz CT molecular complexity index is 587. The van der Waals surface area contributed by atoms with Crippen LogP contribution in [-0.4, -0.2) is 29.9 Å². The van der Waals surface area contributed by atoms with Gasteiger partial charge in [-0.1, -0.05) is 6.07 Å². The van der Waals surface area contributed by atoms with Crippen LogP contribution >= 0.6 is 0 Å². The summed E-state index contributed by atoms with van der Waals surface area (Å²) in [6.45, 7) is 0.811. The molecule has 5 nitrogen and oxygen atoms in total. The van der Waals surface area contributed by atoms with Crippen molar-refractivity contribution < 1.29 is 9.59 Å². The molecule has 96 valence electrons. The summed E-state index contributed by atoms with van der Waals surface area (Å²) in [5.74, 6) is 0.336. The zero-order chi connectivity index (χ0) is 13.4. The van der Waals surface area contributed by atoms with E-state index in [-0.39, 0.29) is 18.5 Å². The number of carbonyl (C=O) groups excluding carboxylic acids is 2. The van der Waals surface area contributed by atoms with Gasteiger partial charge in [0.2, 0.25) is 0 Å². The first kappa shape index (κ1) is 11.7. The molecule has 1 aromatic carbocycles. The number of urea groups is 1. The number of nitriles is 1. The lowest BCUT2D eigenvalue weighted by Crippen LogP contribution is -2.34. The SMILES string of the molecule is N#Cc1cccc(N2C(=O)CN(CC3CC3)C2=O)c1. The molecule has 2 aliphatic rings. The van der Waals surface area contributed by atoms with Gasteiger partial charge in [-0.15, -0.1) is 0 Å². The summed E-state index contributed by atoms with van der Waals surface area (Å²) >= 11 is 0. The Balaban J connectivity index is 1.85. The van der Waals surface area contributed by atoms with Gasteiger partial charge in [-0.25, -0.2) is 9.69 Å². The van der Waals surface area contributed by atoms with Crippen molar-refractivity contribution in [3.63, 3.8) is 0 Å². The molecule has 1 saturated heterocycles. The van der Waals surface area contributed by atoms with Gasteiger partial charge in [0, 0.05) is 6.54 Å². The minimum atomic E-state index is -0.271. The van der Waals surface area contributed by atoms with Crippen molar-refractivity contribution in [3.05, 3.63) is 29.8 Å². The minimum Gasteiger partial charge on any atom is -0.314 e. The fourth-order valence-corrected chi connectivity index (χ4v) is 2.27. The first-order valence-corrected chi connectivity index (χ1v) is 6.31. The maximum atomic E-state index is 12.2. The van der Waals surface area contributed by atoms with E-state index in [1.54, 1.807) is 29.2 Å². The van der Waals surface area contributed by atoms with Crippen molar-refractivity contribution in [1.29, 1.82) is 5.26 Å². The second-order valence-electron chi connectivity index (χ2n) is 5.00. The predicted molar refractivity (Wildman–Crippen MR) is 68.3 cm³/mol. The van der Waals surface area contributed by atoms with E-state index in [4.69, 9.17) is 5.26 Å². The third-order valence-electron chi connectivity index (χ3n) is 3.45. The highest BCUT2D eigenvalue weighted by Crippen LogP contribution is 2.32. The number of hydrogen-bond donors (Lipinski definition) is 0. The topological polar surface area (TPSA) is 64.4 Å². The van der Waals surface area contributed by atoms with Crippen LogP contribution in [0.1, 0.15) is 18.4 Å². The molecule has 0 radical (unpaired) electrons. The second-order valence-corrected chi connectivity index (χ2v) is 5.00. The van der Waals surface area contributed by atoms with Crippen LogP contribution in [-0.2, 0) is 4.79 Å². The standard InChI is InChI=1S/C14H13N3O2/c15-7-11-2-1-3-12(6-11)17-13(18)9-16(14(17)19)8-10-4-5-10/h1-3,6,10H,4-5,8-9H2.